The van der Waals surface area contributed by atoms with Gasteiger partial charge in [-0.3, -0.25) is 14.5 Å². The summed E-state index contributed by atoms with van der Waals surface area (Å²) in [6, 6.07) is 1.83. The molecule has 29 heavy (non-hydrogen) atoms. The van der Waals surface area contributed by atoms with Crippen molar-refractivity contribution in [3.8, 4) is 0 Å². The van der Waals surface area contributed by atoms with E-state index in [1.165, 1.54) is 0 Å². The second kappa shape index (κ2) is 7.76. The van der Waals surface area contributed by atoms with Gasteiger partial charge in [-0.1, -0.05) is 0 Å². The highest BCUT2D eigenvalue weighted by molar-refractivity contribution is 5.95. The van der Waals surface area contributed by atoms with Crippen LogP contribution in [0.3, 0.4) is 0 Å². The van der Waals surface area contributed by atoms with Crippen LogP contribution < -0.4 is 0 Å². The number of amides is 2. The summed E-state index contributed by atoms with van der Waals surface area (Å²) in [6.45, 7) is 9.76. The molecule has 4 heterocycles. The number of rotatable bonds is 2. The van der Waals surface area contributed by atoms with Gasteiger partial charge in [0.15, 0.2) is 0 Å². The van der Waals surface area contributed by atoms with Crippen LogP contribution in [0.15, 0.2) is 10.5 Å². The van der Waals surface area contributed by atoms with Crippen LogP contribution in [-0.4, -0.2) is 97.4 Å². The van der Waals surface area contributed by atoms with E-state index in [1.807, 2.05) is 29.7 Å². The predicted octanol–water partition coefficient (Wildman–Crippen LogP) is 1.60. The Labute approximate surface area is 173 Å². The Kier molecular flexibility index (Phi) is 5.46. The molecule has 0 saturated carbocycles. The maximum Gasteiger partial charge on any atom is 0.257 e. The molecular formula is C22H34N4O3. The molecule has 3 aliphatic heterocycles. The third-order valence-electron chi connectivity index (χ3n) is 7.23. The topological polar surface area (TPSA) is 60.2 Å². The lowest BCUT2D eigenvalue weighted by Gasteiger charge is -2.39. The minimum Gasteiger partial charge on any atom is -0.466 e. The zero-order valence-electron chi connectivity index (χ0n) is 18.2. The van der Waals surface area contributed by atoms with Crippen molar-refractivity contribution in [2.45, 2.75) is 39.2 Å². The molecule has 0 aromatic carbocycles. The number of carbonyl (C=O) groups excluding carboxylic acids is 2. The summed E-state index contributed by atoms with van der Waals surface area (Å²) >= 11 is 0. The highest BCUT2D eigenvalue weighted by Crippen LogP contribution is 2.43. The number of nitrogens with zero attached hydrogens (tertiary/aromatic N) is 4. The van der Waals surface area contributed by atoms with E-state index in [1.54, 1.807) is 0 Å². The summed E-state index contributed by atoms with van der Waals surface area (Å²) in [7, 11) is 4.20. The van der Waals surface area contributed by atoms with Crippen molar-refractivity contribution < 1.29 is 14.0 Å². The standard InChI is InChI=1S/C22H34N4O3/c1-16-13-18(17(2)29-16)20(27)25-7-5-22(6-8-25)14-19(24(4)15-22)21(28)26-11-9-23(3)10-12-26/h13,19H,5-12,14-15H2,1-4H3. The molecule has 0 aliphatic carbocycles. The Bertz CT molecular complexity index is 773. The third kappa shape index (κ3) is 3.94. The van der Waals surface area contributed by atoms with Crippen LogP contribution in [0.25, 0.3) is 0 Å². The van der Waals surface area contributed by atoms with Crippen LogP contribution in [0, 0.1) is 19.3 Å². The number of furan rings is 1. The minimum atomic E-state index is -0.0144. The smallest absolute Gasteiger partial charge is 0.257 e. The Morgan fingerprint density at radius 3 is 2.24 bits per heavy atom. The van der Waals surface area contributed by atoms with E-state index < -0.39 is 0 Å². The van der Waals surface area contributed by atoms with Gasteiger partial charge in [-0.05, 0) is 58.7 Å². The molecule has 3 fully saturated rings. The first-order valence-electron chi connectivity index (χ1n) is 10.8. The lowest BCUT2D eigenvalue weighted by atomic mass is 9.76. The van der Waals surface area contributed by atoms with Crippen LogP contribution in [0.4, 0.5) is 0 Å². The molecule has 1 unspecified atom stereocenters. The molecule has 1 aromatic rings. The second-order valence-corrected chi connectivity index (χ2v) is 9.38. The van der Waals surface area contributed by atoms with Gasteiger partial charge in [0.2, 0.25) is 5.91 Å². The normalized spacial score (nSPS) is 25.7. The molecule has 7 nitrogen and oxygen atoms in total. The maximum atomic E-state index is 13.1. The van der Waals surface area contributed by atoms with Crippen molar-refractivity contribution in [1.29, 1.82) is 0 Å². The lowest BCUT2D eigenvalue weighted by molar-refractivity contribution is -0.137. The molecular weight excluding hydrogens is 368 g/mol. The van der Waals surface area contributed by atoms with Crippen molar-refractivity contribution >= 4 is 11.8 Å². The Hall–Kier alpha value is -1.86. The number of carbonyl (C=O) groups is 2. The number of hydrogen-bond acceptors (Lipinski definition) is 5. The van der Waals surface area contributed by atoms with E-state index in [-0.39, 0.29) is 17.4 Å². The Morgan fingerprint density at radius 2 is 1.66 bits per heavy atom. The summed E-state index contributed by atoms with van der Waals surface area (Å²) in [6.07, 6.45) is 2.84. The van der Waals surface area contributed by atoms with Crippen molar-refractivity contribution in [3.63, 3.8) is 0 Å². The molecule has 3 aliphatic rings. The first-order valence-corrected chi connectivity index (χ1v) is 10.8. The summed E-state index contributed by atoms with van der Waals surface area (Å²) < 4.78 is 5.54. The van der Waals surface area contributed by atoms with Crippen molar-refractivity contribution in [3.05, 3.63) is 23.2 Å². The number of piperidine rings is 1. The van der Waals surface area contributed by atoms with Gasteiger partial charge in [0.25, 0.3) is 5.91 Å². The lowest BCUT2D eigenvalue weighted by Crippen LogP contribution is -2.52. The minimum absolute atomic E-state index is 0.0144. The van der Waals surface area contributed by atoms with Crippen molar-refractivity contribution in [2.24, 2.45) is 5.41 Å². The number of likely N-dealkylation sites (tertiary alicyclic amines) is 2. The number of piperazine rings is 1. The average Bonchev–Trinajstić information content (AvgIpc) is 3.20. The van der Waals surface area contributed by atoms with Gasteiger partial charge >= 0.3 is 0 Å². The molecule has 7 heteroatoms. The SMILES string of the molecule is Cc1cc(C(=O)N2CCC3(CC2)CC(C(=O)N2CCN(C)CC2)N(C)C3)c(C)o1. The summed E-state index contributed by atoms with van der Waals surface area (Å²) in [5.41, 5.74) is 0.838. The van der Waals surface area contributed by atoms with E-state index in [0.717, 1.165) is 70.8 Å². The van der Waals surface area contributed by atoms with Gasteiger partial charge in [-0.15, -0.1) is 0 Å². The summed E-state index contributed by atoms with van der Waals surface area (Å²) in [4.78, 5) is 34.6. The van der Waals surface area contributed by atoms with Crippen molar-refractivity contribution in [1.82, 2.24) is 19.6 Å². The third-order valence-corrected chi connectivity index (χ3v) is 7.23. The number of likely N-dealkylation sites (N-methyl/N-ethyl adjacent to an activating group) is 2. The van der Waals surface area contributed by atoms with Gasteiger partial charge in [-0.2, -0.15) is 0 Å². The molecule has 3 saturated heterocycles. The van der Waals surface area contributed by atoms with E-state index >= 15 is 0 Å². The van der Waals surface area contributed by atoms with E-state index in [0.29, 0.717) is 17.2 Å². The van der Waals surface area contributed by atoms with E-state index in [2.05, 4.69) is 23.9 Å². The average molecular weight is 403 g/mol. The molecule has 0 radical (unpaired) electrons. The van der Waals surface area contributed by atoms with E-state index in [9.17, 15) is 9.59 Å². The second-order valence-electron chi connectivity index (χ2n) is 9.38. The Balaban J connectivity index is 1.37. The van der Waals surface area contributed by atoms with Gasteiger partial charge < -0.3 is 19.1 Å². The summed E-state index contributed by atoms with van der Waals surface area (Å²) in [5, 5.41) is 0. The van der Waals surface area contributed by atoms with Crippen LogP contribution in [0.5, 0.6) is 0 Å². The Morgan fingerprint density at radius 1 is 1.00 bits per heavy atom. The van der Waals surface area contributed by atoms with Gasteiger partial charge in [0, 0.05) is 45.8 Å². The fourth-order valence-electron chi connectivity index (χ4n) is 5.34. The number of hydrogen-bond donors (Lipinski definition) is 0. The maximum absolute atomic E-state index is 13.1. The number of aryl methyl sites for hydroxylation is 2. The summed E-state index contributed by atoms with van der Waals surface area (Å²) in [5.74, 6) is 1.85. The molecule has 1 spiro atoms. The molecule has 2 amide bonds. The highest BCUT2D eigenvalue weighted by Gasteiger charge is 2.48. The molecule has 0 bridgehead atoms. The van der Waals surface area contributed by atoms with Crippen LogP contribution in [-0.2, 0) is 4.79 Å². The molecule has 0 N–H and O–H groups in total. The van der Waals surface area contributed by atoms with Gasteiger partial charge in [0.05, 0.1) is 11.6 Å². The highest BCUT2D eigenvalue weighted by atomic mass is 16.3. The van der Waals surface area contributed by atoms with Crippen LogP contribution in [0.1, 0.15) is 41.1 Å². The zero-order chi connectivity index (χ0) is 20.8. The largest absolute Gasteiger partial charge is 0.466 e. The molecule has 4 rings (SSSR count). The quantitative estimate of drug-likeness (QED) is 0.752. The van der Waals surface area contributed by atoms with Crippen LogP contribution in [0.2, 0.25) is 0 Å². The first kappa shape index (κ1) is 20.4. The van der Waals surface area contributed by atoms with Crippen molar-refractivity contribution in [2.75, 3.05) is 59.9 Å². The molecule has 160 valence electrons. The van der Waals surface area contributed by atoms with E-state index in [4.69, 9.17) is 4.42 Å². The molecule has 1 atom stereocenters. The predicted molar refractivity (Wildman–Crippen MR) is 111 cm³/mol. The van der Waals surface area contributed by atoms with Crippen LogP contribution >= 0.6 is 0 Å². The first-order chi connectivity index (χ1) is 13.8. The fourth-order valence-corrected chi connectivity index (χ4v) is 5.34. The fraction of sp³-hybridized carbons (Fsp3) is 0.727. The molecule has 1 aromatic heterocycles. The van der Waals surface area contributed by atoms with Gasteiger partial charge in [0.1, 0.15) is 11.5 Å². The zero-order valence-corrected chi connectivity index (χ0v) is 18.2. The van der Waals surface area contributed by atoms with Gasteiger partial charge in [-0.25, -0.2) is 0 Å². The monoisotopic (exact) mass is 402 g/mol.